The maximum atomic E-state index is 2.32. The molecule has 231 valence electrons. The molecule has 0 rings (SSSR count). The summed E-state index contributed by atoms with van der Waals surface area (Å²) in [5.41, 5.74) is 0. The molecule has 0 aromatic carbocycles. The first kappa shape index (κ1) is 41.2. The Kier molecular flexibility index (Phi) is 41.3. The van der Waals surface area contributed by atoms with Gasteiger partial charge in [-0.25, -0.2) is 0 Å². The fraction of sp³-hybridized carbons (Fsp3) is 1.00. The molecule has 0 atom stereocenters. The fourth-order valence-electron chi connectivity index (χ4n) is 5.96. The first-order valence-corrected chi connectivity index (χ1v) is 24.2. The van der Waals surface area contributed by atoms with Crippen molar-refractivity contribution in [3.63, 3.8) is 0 Å². The fourth-order valence-corrected chi connectivity index (χ4v) is 14.5. The summed E-state index contributed by atoms with van der Waals surface area (Å²) in [4.78, 5) is 0. The monoisotopic (exact) mass is 663 g/mol. The molecule has 0 aromatic heterocycles. The summed E-state index contributed by atoms with van der Waals surface area (Å²) in [6, 6.07) is 0. The first-order valence-electron chi connectivity index (χ1n) is 18.2. The van der Waals surface area contributed by atoms with Crippen LogP contribution in [0.1, 0.15) is 213 Å². The summed E-state index contributed by atoms with van der Waals surface area (Å²) in [5, 5.41) is 0. The van der Waals surface area contributed by atoms with E-state index < -0.39 is 19.8 Å². The van der Waals surface area contributed by atoms with Crippen molar-refractivity contribution < 1.29 is 0 Å². The van der Waals surface area contributed by atoms with Crippen molar-refractivity contribution >= 4 is 32.2 Å². The number of hydrogen-bond acceptors (Lipinski definition) is 0. The molecule has 0 aliphatic rings. The molecule has 0 unspecified atom stereocenters. The zero-order chi connectivity index (χ0) is 26.9. The zero-order valence-electron chi connectivity index (χ0n) is 27.2. The molecular formula is C36H76ClSn. The predicted octanol–water partition coefficient (Wildman–Crippen LogP) is 14.7. The normalized spacial score (nSPS) is 11.4. The van der Waals surface area contributed by atoms with Gasteiger partial charge in [0.1, 0.15) is 0 Å². The average molecular weight is 663 g/mol. The van der Waals surface area contributed by atoms with E-state index in [0.29, 0.717) is 0 Å². The second-order valence-electron chi connectivity index (χ2n) is 12.5. The SMILES string of the molecule is CCCCCCCCCCC[CH2][Sn]([CH2]CCCCCCCCCCC)[CH2]CCCCCCCCCCC.Cl. The van der Waals surface area contributed by atoms with Crippen LogP contribution in [0.4, 0.5) is 0 Å². The molecule has 0 saturated heterocycles. The molecule has 38 heavy (non-hydrogen) atoms. The van der Waals surface area contributed by atoms with Crippen molar-refractivity contribution in [3.8, 4) is 0 Å². The number of halogens is 1. The van der Waals surface area contributed by atoms with E-state index in [1.54, 1.807) is 51.8 Å². The Morgan fingerprint density at radius 3 is 0.579 bits per heavy atom. The molecule has 0 spiro atoms. The van der Waals surface area contributed by atoms with E-state index >= 15 is 0 Å². The van der Waals surface area contributed by atoms with Gasteiger partial charge >= 0.3 is 246 Å². The van der Waals surface area contributed by atoms with Crippen LogP contribution in [-0.2, 0) is 0 Å². The topological polar surface area (TPSA) is 0 Å². The molecule has 0 amide bonds. The third-order valence-corrected chi connectivity index (χ3v) is 17.7. The van der Waals surface area contributed by atoms with Gasteiger partial charge in [-0.2, -0.15) is 0 Å². The average Bonchev–Trinajstić information content (AvgIpc) is 2.91. The van der Waals surface area contributed by atoms with E-state index in [2.05, 4.69) is 20.8 Å². The van der Waals surface area contributed by atoms with Crippen molar-refractivity contribution in [2.45, 2.75) is 227 Å². The third-order valence-electron chi connectivity index (χ3n) is 8.65. The Balaban J connectivity index is 0. The summed E-state index contributed by atoms with van der Waals surface area (Å²) < 4.78 is 5.19. The van der Waals surface area contributed by atoms with Crippen LogP contribution in [0, 0.1) is 0 Å². The van der Waals surface area contributed by atoms with Crippen LogP contribution < -0.4 is 0 Å². The van der Waals surface area contributed by atoms with Crippen molar-refractivity contribution in [1.82, 2.24) is 0 Å². The molecule has 0 N–H and O–H groups in total. The minimum absolute atomic E-state index is 0. The summed E-state index contributed by atoms with van der Waals surface area (Å²) >= 11 is -1.09. The van der Waals surface area contributed by atoms with E-state index in [1.807, 2.05) is 0 Å². The first-order chi connectivity index (χ1) is 18.3. The van der Waals surface area contributed by atoms with Crippen molar-refractivity contribution in [2.24, 2.45) is 0 Å². The van der Waals surface area contributed by atoms with Gasteiger partial charge in [0.25, 0.3) is 0 Å². The number of hydrogen-bond donors (Lipinski definition) is 0. The Labute approximate surface area is 257 Å². The van der Waals surface area contributed by atoms with E-state index in [1.165, 1.54) is 154 Å². The van der Waals surface area contributed by atoms with Gasteiger partial charge in [0.2, 0.25) is 0 Å². The van der Waals surface area contributed by atoms with Crippen molar-refractivity contribution in [3.05, 3.63) is 0 Å². The second kappa shape index (κ2) is 38.1. The van der Waals surface area contributed by atoms with E-state index in [4.69, 9.17) is 0 Å². The standard InChI is InChI=1S/3C12H25.ClH.Sn/c3*1-3-5-7-9-11-12-10-8-6-4-2;;/h3*1,3-12H2,2H3;1H;. The molecular weight excluding hydrogens is 587 g/mol. The van der Waals surface area contributed by atoms with Crippen LogP contribution in [0.25, 0.3) is 0 Å². The van der Waals surface area contributed by atoms with Crippen LogP contribution in [0.5, 0.6) is 0 Å². The number of unbranched alkanes of at least 4 members (excludes halogenated alkanes) is 27. The van der Waals surface area contributed by atoms with Gasteiger partial charge in [0.05, 0.1) is 0 Å². The molecule has 0 aliphatic heterocycles. The molecule has 1 radical (unpaired) electrons. The molecule has 0 bridgehead atoms. The third kappa shape index (κ3) is 35.1. The minimum Gasteiger partial charge on any atom is -0.147 e. The van der Waals surface area contributed by atoms with Crippen molar-refractivity contribution in [1.29, 1.82) is 0 Å². The molecule has 0 saturated carbocycles. The van der Waals surface area contributed by atoms with E-state index in [0.717, 1.165) is 0 Å². The summed E-state index contributed by atoms with van der Waals surface area (Å²) in [7, 11) is 0. The molecule has 2 heteroatoms. The van der Waals surface area contributed by atoms with Crippen LogP contribution in [0.2, 0.25) is 13.3 Å². The molecule has 0 aromatic rings. The van der Waals surface area contributed by atoms with Gasteiger partial charge in [-0.15, -0.1) is 12.4 Å². The Morgan fingerprint density at radius 1 is 0.237 bits per heavy atom. The molecule has 0 aliphatic carbocycles. The quantitative estimate of drug-likeness (QED) is 0.0484. The number of rotatable bonds is 33. The van der Waals surface area contributed by atoms with Gasteiger partial charge in [0, 0.05) is 0 Å². The van der Waals surface area contributed by atoms with Crippen LogP contribution >= 0.6 is 12.4 Å². The van der Waals surface area contributed by atoms with E-state index in [-0.39, 0.29) is 12.4 Å². The Bertz CT molecular complexity index is 328. The Hall–Kier alpha value is 1.09. The van der Waals surface area contributed by atoms with Gasteiger partial charge in [-0.05, 0) is 0 Å². The van der Waals surface area contributed by atoms with Gasteiger partial charge in [-0.1, -0.05) is 0 Å². The van der Waals surface area contributed by atoms with E-state index in [9.17, 15) is 0 Å². The summed E-state index contributed by atoms with van der Waals surface area (Å²) in [6.07, 6.45) is 45.0. The smallest absolute Gasteiger partial charge is 0.147 e. The van der Waals surface area contributed by atoms with Crippen molar-refractivity contribution in [2.75, 3.05) is 0 Å². The Morgan fingerprint density at radius 2 is 0.395 bits per heavy atom. The second-order valence-corrected chi connectivity index (χ2v) is 21.1. The zero-order valence-corrected chi connectivity index (χ0v) is 30.9. The summed E-state index contributed by atoms with van der Waals surface area (Å²) in [6.45, 7) is 6.97. The molecule has 0 nitrogen and oxygen atoms in total. The van der Waals surface area contributed by atoms with Gasteiger partial charge in [0.15, 0.2) is 0 Å². The summed E-state index contributed by atoms with van der Waals surface area (Å²) in [5.74, 6) is 0. The predicted molar refractivity (Wildman–Crippen MR) is 183 cm³/mol. The van der Waals surface area contributed by atoms with Crippen LogP contribution in [0.15, 0.2) is 0 Å². The molecule has 0 heterocycles. The minimum atomic E-state index is -1.09. The van der Waals surface area contributed by atoms with Crippen LogP contribution in [-0.4, -0.2) is 19.8 Å². The van der Waals surface area contributed by atoms with Gasteiger partial charge in [-0.3, -0.25) is 0 Å². The maximum absolute atomic E-state index is 2.32. The van der Waals surface area contributed by atoms with Crippen LogP contribution in [0.3, 0.4) is 0 Å². The van der Waals surface area contributed by atoms with Gasteiger partial charge < -0.3 is 0 Å². The molecule has 0 fully saturated rings.